The van der Waals surface area contributed by atoms with Crippen LogP contribution >= 0.6 is 0 Å². The summed E-state index contributed by atoms with van der Waals surface area (Å²) in [7, 11) is 0. The Bertz CT molecular complexity index is 409. The third kappa shape index (κ3) is 5.81. The number of carboxylic acid groups (broad SMARTS) is 1. The molecule has 0 spiro atoms. The van der Waals surface area contributed by atoms with E-state index in [1.54, 1.807) is 6.92 Å². The van der Waals surface area contributed by atoms with E-state index in [1.165, 1.54) is 0 Å². The average molecular weight is 266 g/mol. The van der Waals surface area contributed by atoms with Crippen LogP contribution in [0.2, 0.25) is 0 Å². The Balaban J connectivity index is 2.39. The van der Waals surface area contributed by atoms with Crippen molar-refractivity contribution in [2.45, 2.75) is 33.4 Å². The number of carbonyl (C=O) groups is 1. The number of rotatable bonds is 8. The normalized spacial score (nSPS) is 12.6. The van der Waals surface area contributed by atoms with Crippen LogP contribution in [0.15, 0.2) is 18.2 Å². The quantitative estimate of drug-likeness (QED) is 0.776. The molecule has 0 aliphatic carbocycles. The number of aliphatic carboxylic acids is 1. The molecule has 0 aliphatic heterocycles. The number of hydrogen-bond donors (Lipinski definition) is 1. The van der Waals surface area contributed by atoms with Gasteiger partial charge in [-0.05, 0) is 32.5 Å². The number of aromatic nitrogens is 1. The molecule has 1 aromatic heterocycles. The van der Waals surface area contributed by atoms with Gasteiger partial charge in [-0.1, -0.05) is 13.0 Å². The number of ether oxygens (including phenoxy) is 1. The number of pyridine rings is 1. The zero-order valence-electron chi connectivity index (χ0n) is 11.8. The molecule has 0 aliphatic rings. The van der Waals surface area contributed by atoms with E-state index in [2.05, 4.69) is 16.8 Å². The lowest BCUT2D eigenvalue weighted by molar-refractivity contribution is -0.149. The predicted octanol–water partition coefficient (Wildman–Crippen LogP) is 1.70. The largest absolute Gasteiger partial charge is 0.479 e. The van der Waals surface area contributed by atoms with Gasteiger partial charge in [0.2, 0.25) is 0 Å². The first-order chi connectivity index (χ1) is 9.02. The highest BCUT2D eigenvalue weighted by atomic mass is 16.5. The summed E-state index contributed by atoms with van der Waals surface area (Å²) in [6.45, 7) is 8.31. The van der Waals surface area contributed by atoms with E-state index < -0.39 is 12.1 Å². The average Bonchev–Trinajstić information content (AvgIpc) is 2.37. The van der Waals surface area contributed by atoms with Gasteiger partial charge in [0.1, 0.15) is 0 Å². The van der Waals surface area contributed by atoms with Crippen LogP contribution in [0.4, 0.5) is 0 Å². The lowest BCUT2D eigenvalue weighted by Gasteiger charge is -2.20. The maximum absolute atomic E-state index is 10.6. The van der Waals surface area contributed by atoms with Crippen molar-refractivity contribution in [3.63, 3.8) is 0 Å². The molecule has 0 bridgehead atoms. The maximum Gasteiger partial charge on any atom is 0.332 e. The van der Waals surface area contributed by atoms with Crippen LogP contribution in [0.1, 0.15) is 25.2 Å². The van der Waals surface area contributed by atoms with Gasteiger partial charge >= 0.3 is 5.97 Å². The van der Waals surface area contributed by atoms with Gasteiger partial charge in [-0.3, -0.25) is 9.88 Å². The molecule has 1 atom stereocenters. The third-order valence-electron chi connectivity index (χ3n) is 2.90. The van der Waals surface area contributed by atoms with Crippen molar-refractivity contribution in [2.75, 3.05) is 19.7 Å². The molecule has 0 fully saturated rings. The topological polar surface area (TPSA) is 62.7 Å². The van der Waals surface area contributed by atoms with E-state index in [0.29, 0.717) is 13.2 Å². The zero-order chi connectivity index (χ0) is 14.3. The molecule has 0 amide bonds. The number of carboxylic acids is 1. The minimum absolute atomic E-state index is 0.410. The molecular formula is C14H22N2O3. The van der Waals surface area contributed by atoms with Crippen molar-refractivity contribution in [3.8, 4) is 0 Å². The lowest BCUT2D eigenvalue weighted by atomic mass is 10.3. The molecule has 5 heteroatoms. The summed E-state index contributed by atoms with van der Waals surface area (Å²) in [4.78, 5) is 17.3. The van der Waals surface area contributed by atoms with Crippen molar-refractivity contribution in [3.05, 3.63) is 29.6 Å². The van der Waals surface area contributed by atoms with Gasteiger partial charge < -0.3 is 9.84 Å². The molecule has 5 nitrogen and oxygen atoms in total. The smallest absolute Gasteiger partial charge is 0.332 e. The Labute approximate surface area is 114 Å². The van der Waals surface area contributed by atoms with E-state index in [1.807, 2.05) is 25.1 Å². The standard InChI is InChI=1S/C14H22N2O3/c1-4-16(8-9-19-12(3)14(17)18)10-13-7-5-6-11(2)15-13/h5-7,12H,4,8-10H2,1-3H3,(H,17,18). The summed E-state index contributed by atoms with van der Waals surface area (Å²) in [5.74, 6) is -0.927. The first kappa shape index (κ1) is 15.6. The lowest BCUT2D eigenvalue weighted by Crippen LogP contribution is -2.30. The van der Waals surface area contributed by atoms with E-state index in [4.69, 9.17) is 9.84 Å². The Morgan fingerprint density at radius 2 is 2.26 bits per heavy atom. The van der Waals surface area contributed by atoms with E-state index in [-0.39, 0.29) is 0 Å². The van der Waals surface area contributed by atoms with Crippen LogP contribution in [-0.4, -0.2) is 46.8 Å². The maximum atomic E-state index is 10.6. The highest BCUT2D eigenvalue weighted by molar-refractivity contribution is 5.71. The molecule has 1 N–H and O–H groups in total. The van der Waals surface area contributed by atoms with Crippen molar-refractivity contribution >= 4 is 5.97 Å². The van der Waals surface area contributed by atoms with Crippen LogP contribution in [0.25, 0.3) is 0 Å². The van der Waals surface area contributed by atoms with Crippen LogP contribution in [-0.2, 0) is 16.1 Å². The summed E-state index contributed by atoms with van der Waals surface area (Å²) in [6.07, 6.45) is -0.754. The van der Waals surface area contributed by atoms with Crippen molar-refractivity contribution in [1.82, 2.24) is 9.88 Å². The highest BCUT2D eigenvalue weighted by Gasteiger charge is 2.11. The number of likely N-dealkylation sites (N-methyl/N-ethyl adjacent to an activating group) is 1. The molecule has 0 radical (unpaired) electrons. The number of nitrogens with zero attached hydrogens (tertiary/aromatic N) is 2. The Kier molecular flexibility index (Phi) is 6.45. The molecule has 106 valence electrons. The molecule has 0 saturated carbocycles. The predicted molar refractivity (Wildman–Crippen MR) is 73.0 cm³/mol. The molecule has 1 aromatic rings. The molecule has 1 rings (SSSR count). The Hall–Kier alpha value is -1.46. The van der Waals surface area contributed by atoms with Gasteiger partial charge in [-0.15, -0.1) is 0 Å². The monoisotopic (exact) mass is 266 g/mol. The van der Waals surface area contributed by atoms with Gasteiger partial charge in [0, 0.05) is 18.8 Å². The van der Waals surface area contributed by atoms with Gasteiger partial charge in [0.15, 0.2) is 6.10 Å². The molecule has 1 heterocycles. The highest BCUT2D eigenvalue weighted by Crippen LogP contribution is 2.03. The summed E-state index contributed by atoms with van der Waals surface area (Å²) >= 11 is 0. The Morgan fingerprint density at radius 1 is 1.53 bits per heavy atom. The Morgan fingerprint density at radius 3 is 2.84 bits per heavy atom. The van der Waals surface area contributed by atoms with Crippen LogP contribution in [0, 0.1) is 6.92 Å². The van der Waals surface area contributed by atoms with Gasteiger partial charge in [-0.2, -0.15) is 0 Å². The fourth-order valence-electron chi connectivity index (χ4n) is 1.70. The van der Waals surface area contributed by atoms with Crippen molar-refractivity contribution in [2.24, 2.45) is 0 Å². The van der Waals surface area contributed by atoms with Crippen molar-refractivity contribution < 1.29 is 14.6 Å². The fraction of sp³-hybridized carbons (Fsp3) is 0.571. The minimum Gasteiger partial charge on any atom is -0.479 e. The van der Waals surface area contributed by atoms with Gasteiger partial charge in [0.05, 0.1) is 12.3 Å². The first-order valence-electron chi connectivity index (χ1n) is 6.52. The second-order valence-electron chi connectivity index (χ2n) is 4.49. The van der Waals surface area contributed by atoms with Gasteiger partial charge in [0.25, 0.3) is 0 Å². The van der Waals surface area contributed by atoms with Crippen LogP contribution < -0.4 is 0 Å². The van der Waals surface area contributed by atoms with Crippen molar-refractivity contribution in [1.29, 1.82) is 0 Å². The molecule has 1 unspecified atom stereocenters. The van der Waals surface area contributed by atoms with E-state index in [0.717, 1.165) is 24.5 Å². The summed E-state index contributed by atoms with van der Waals surface area (Å²) in [5, 5.41) is 8.72. The minimum atomic E-state index is -0.927. The molecule has 0 saturated heterocycles. The van der Waals surface area contributed by atoms with Gasteiger partial charge in [-0.25, -0.2) is 4.79 Å². The van der Waals surface area contributed by atoms with Crippen LogP contribution in [0.3, 0.4) is 0 Å². The second-order valence-corrected chi connectivity index (χ2v) is 4.49. The molecule has 19 heavy (non-hydrogen) atoms. The van der Waals surface area contributed by atoms with E-state index >= 15 is 0 Å². The third-order valence-corrected chi connectivity index (χ3v) is 2.90. The number of hydrogen-bond acceptors (Lipinski definition) is 4. The second kappa shape index (κ2) is 7.86. The summed E-state index contributed by atoms with van der Waals surface area (Å²) in [6, 6.07) is 5.96. The fourth-order valence-corrected chi connectivity index (χ4v) is 1.70. The molecular weight excluding hydrogens is 244 g/mol. The summed E-state index contributed by atoms with van der Waals surface area (Å²) in [5.41, 5.74) is 2.03. The number of aryl methyl sites for hydroxylation is 1. The SMILES string of the molecule is CCN(CCOC(C)C(=O)O)Cc1cccc(C)n1. The summed E-state index contributed by atoms with van der Waals surface area (Å²) < 4.78 is 5.24. The molecule has 0 aromatic carbocycles. The van der Waals surface area contributed by atoms with E-state index in [9.17, 15) is 4.79 Å². The first-order valence-corrected chi connectivity index (χ1v) is 6.52. The van der Waals surface area contributed by atoms with Crippen LogP contribution in [0.5, 0.6) is 0 Å². The zero-order valence-corrected chi connectivity index (χ0v) is 11.8.